The molecule has 1 aromatic rings. The Morgan fingerprint density at radius 2 is 1.46 bits per heavy atom. The van der Waals surface area contributed by atoms with E-state index in [2.05, 4.69) is 91.0 Å². The minimum atomic E-state index is -0.125. The van der Waals surface area contributed by atoms with Crippen LogP contribution in [-0.2, 0) is 4.79 Å². The first kappa shape index (κ1) is 18.4. The standard InChI is InChI=1S/C23H30O/c1-16-9-8-10-17(11-16)12-18-13-20(22(2,3)4)19(15-24)21(14-18)23(5,6)7/h8-15,19H,1-7H3. The molecule has 0 bridgehead atoms. The van der Waals surface area contributed by atoms with Crippen LogP contribution in [0.3, 0.4) is 0 Å². The molecule has 0 aliphatic heterocycles. The maximum atomic E-state index is 11.9. The van der Waals surface area contributed by atoms with Crippen molar-refractivity contribution in [1.82, 2.24) is 0 Å². The number of carbonyl (C=O) groups excluding carboxylic acids is 1. The predicted molar refractivity (Wildman–Crippen MR) is 104 cm³/mol. The normalized spacial score (nSPS) is 18.8. The molecule has 0 saturated carbocycles. The highest BCUT2D eigenvalue weighted by Gasteiger charge is 2.35. The molecule has 0 heterocycles. The Morgan fingerprint density at radius 1 is 0.917 bits per heavy atom. The molecule has 1 aliphatic rings. The average Bonchev–Trinajstić information content (AvgIpc) is 2.44. The Bertz CT molecular complexity index is 681. The summed E-state index contributed by atoms with van der Waals surface area (Å²) in [4.78, 5) is 11.9. The van der Waals surface area contributed by atoms with E-state index in [0.29, 0.717) is 0 Å². The number of rotatable bonds is 2. The van der Waals surface area contributed by atoms with E-state index >= 15 is 0 Å². The van der Waals surface area contributed by atoms with E-state index in [1.54, 1.807) is 0 Å². The van der Waals surface area contributed by atoms with Crippen LogP contribution in [0.1, 0.15) is 52.7 Å². The molecular weight excluding hydrogens is 292 g/mol. The Labute approximate surface area is 147 Å². The molecule has 1 aliphatic carbocycles. The third-order valence-corrected chi connectivity index (χ3v) is 4.56. The molecule has 0 saturated heterocycles. The van der Waals surface area contributed by atoms with Crippen molar-refractivity contribution >= 4 is 12.4 Å². The van der Waals surface area contributed by atoms with Crippen LogP contribution in [0.15, 0.2) is 53.1 Å². The highest BCUT2D eigenvalue weighted by atomic mass is 16.1. The van der Waals surface area contributed by atoms with Crippen LogP contribution in [0.5, 0.6) is 0 Å². The Balaban J connectivity index is 2.61. The lowest BCUT2D eigenvalue weighted by Crippen LogP contribution is -2.28. The molecule has 0 amide bonds. The number of aryl methyl sites for hydroxylation is 1. The SMILES string of the molecule is Cc1cccc(C=C2C=C(C(C)(C)C)C(C=O)C(C(C)(C)C)=C2)c1. The van der Waals surface area contributed by atoms with Crippen LogP contribution in [0.4, 0.5) is 0 Å². The first-order valence-corrected chi connectivity index (χ1v) is 8.70. The third kappa shape index (κ3) is 4.14. The van der Waals surface area contributed by atoms with Gasteiger partial charge in [0.05, 0.1) is 5.92 Å². The zero-order valence-corrected chi connectivity index (χ0v) is 16.1. The minimum Gasteiger partial charge on any atom is -0.302 e. The summed E-state index contributed by atoms with van der Waals surface area (Å²) in [7, 11) is 0. The van der Waals surface area contributed by atoms with Crippen molar-refractivity contribution in [1.29, 1.82) is 0 Å². The summed E-state index contributed by atoms with van der Waals surface area (Å²) in [6.07, 6.45) is 7.73. The van der Waals surface area contributed by atoms with Crippen molar-refractivity contribution in [3.05, 3.63) is 64.3 Å². The van der Waals surface area contributed by atoms with Crippen molar-refractivity contribution in [2.45, 2.75) is 48.5 Å². The molecule has 0 atom stereocenters. The second-order valence-corrected chi connectivity index (χ2v) is 8.87. The van der Waals surface area contributed by atoms with Crippen LogP contribution in [-0.4, -0.2) is 6.29 Å². The number of hydrogen-bond acceptors (Lipinski definition) is 1. The maximum Gasteiger partial charge on any atom is 0.131 e. The van der Waals surface area contributed by atoms with E-state index in [9.17, 15) is 4.79 Å². The van der Waals surface area contributed by atoms with Gasteiger partial charge in [-0.25, -0.2) is 0 Å². The number of carbonyl (C=O) groups is 1. The Kier molecular flexibility index (Phi) is 5.03. The molecule has 1 heteroatoms. The predicted octanol–water partition coefficient (Wildman–Crippen LogP) is 6.15. The molecular formula is C23H30O. The average molecular weight is 322 g/mol. The fourth-order valence-electron chi connectivity index (χ4n) is 3.30. The second kappa shape index (κ2) is 6.55. The quantitative estimate of drug-likeness (QED) is 0.597. The van der Waals surface area contributed by atoms with Crippen molar-refractivity contribution in [3.63, 3.8) is 0 Å². The molecule has 128 valence electrons. The summed E-state index contributed by atoms with van der Waals surface area (Å²) in [5.74, 6) is -0.125. The van der Waals surface area contributed by atoms with Crippen molar-refractivity contribution in [2.75, 3.05) is 0 Å². The number of benzene rings is 1. The summed E-state index contributed by atoms with van der Waals surface area (Å²) in [6, 6.07) is 8.51. The van der Waals surface area contributed by atoms with E-state index in [4.69, 9.17) is 0 Å². The van der Waals surface area contributed by atoms with Crippen LogP contribution in [0, 0.1) is 23.7 Å². The maximum absolute atomic E-state index is 11.9. The number of hydrogen-bond donors (Lipinski definition) is 0. The summed E-state index contributed by atoms with van der Waals surface area (Å²) >= 11 is 0. The van der Waals surface area contributed by atoms with Crippen LogP contribution >= 0.6 is 0 Å². The van der Waals surface area contributed by atoms with Crippen LogP contribution < -0.4 is 0 Å². The van der Waals surface area contributed by atoms with Crippen molar-refractivity contribution in [3.8, 4) is 0 Å². The lowest BCUT2D eigenvalue weighted by molar-refractivity contribution is -0.109. The fourth-order valence-corrected chi connectivity index (χ4v) is 3.30. The summed E-state index contributed by atoms with van der Waals surface area (Å²) in [5, 5.41) is 0. The molecule has 0 N–H and O–H groups in total. The Morgan fingerprint density at radius 3 is 1.88 bits per heavy atom. The van der Waals surface area contributed by atoms with Gasteiger partial charge < -0.3 is 4.79 Å². The molecule has 2 rings (SSSR count). The van der Waals surface area contributed by atoms with Crippen molar-refractivity contribution < 1.29 is 4.79 Å². The zero-order chi connectivity index (χ0) is 18.1. The van der Waals surface area contributed by atoms with Gasteiger partial charge in [0, 0.05) is 0 Å². The molecule has 1 aromatic carbocycles. The van der Waals surface area contributed by atoms with Gasteiger partial charge in [-0.1, -0.05) is 83.5 Å². The highest BCUT2D eigenvalue weighted by molar-refractivity contribution is 5.72. The topological polar surface area (TPSA) is 17.1 Å². The van der Waals surface area contributed by atoms with Gasteiger partial charge >= 0.3 is 0 Å². The summed E-state index contributed by atoms with van der Waals surface area (Å²) in [5.41, 5.74) is 5.94. The van der Waals surface area contributed by atoms with Gasteiger partial charge in [-0.05, 0) is 46.1 Å². The molecule has 0 fully saturated rings. The van der Waals surface area contributed by atoms with E-state index < -0.39 is 0 Å². The summed E-state index contributed by atoms with van der Waals surface area (Å²) < 4.78 is 0. The van der Waals surface area contributed by atoms with Gasteiger partial charge in [0.1, 0.15) is 6.29 Å². The second-order valence-electron chi connectivity index (χ2n) is 8.87. The van der Waals surface area contributed by atoms with Crippen molar-refractivity contribution in [2.24, 2.45) is 16.7 Å². The monoisotopic (exact) mass is 322 g/mol. The lowest BCUT2D eigenvalue weighted by Gasteiger charge is -2.37. The fraction of sp³-hybridized carbons (Fsp3) is 0.435. The Hall–Kier alpha value is -1.89. The lowest BCUT2D eigenvalue weighted by atomic mass is 9.67. The van der Waals surface area contributed by atoms with Crippen LogP contribution in [0.2, 0.25) is 0 Å². The van der Waals surface area contributed by atoms with Gasteiger partial charge in [-0.3, -0.25) is 0 Å². The third-order valence-electron chi connectivity index (χ3n) is 4.56. The molecule has 0 spiro atoms. The number of allylic oxidation sites excluding steroid dienone is 5. The largest absolute Gasteiger partial charge is 0.302 e. The van der Waals surface area contributed by atoms with Gasteiger partial charge in [0.2, 0.25) is 0 Å². The minimum absolute atomic E-state index is 0.0397. The molecule has 24 heavy (non-hydrogen) atoms. The smallest absolute Gasteiger partial charge is 0.131 e. The van der Waals surface area contributed by atoms with E-state index in [-0.39, 0.29) is 16.7 Å². The zero-order valence-electron chi connectivity index (χ0n) is 16.1. The molecule has 0 radical (unpaired) electrons. The highest BCUT2D eigenvalue weighted by Crippen LogP contribution is 2.44. The van der Waals surface area contributed by atoms with Crippen LogP contribution in [0.25, 0.3) is 6.08 Å². The van der Waals surface area contributed by atoms with Gasteiger partial charge in [0.15, 0.2) is 0 Å². The first-order chi connectivity index (χ1) is 11.0. The molecule has 1 nitrogen and oxygen atoms in total. The molecule has 0 aromatic heterocycles. The van der Waals surface area contributed by atoms with Gasteiger partial charge in [-0.2, -0.15) is 0 Å². The number of aldehydes is 1. The van der Waals surface area contributed by atoms with Gasteiger partial charge in [-0.15, -0.1) is 0 Å². The first-order valence-electron chi connectivity index (χ1n) is 8.70. The van der Waals surface area contributed by atoms with E-state index in [1.807, 2.05) is 0 Å². The molecule has 0 unspecified atom stereocenters. The summed E-state index contributed by atoms with van der Waals surface area (Å²) in [6.45, 7) is 15.2. The van der Waals surface area contributed by atoms with E-state index in [0.717, 1.165) is 6.29 Å². The van der Waals surface area contributed by atoms with Gasteiger partial charge in [0.25, 0.3) is 0 Å². The van der Waals surface area contributed by atoms with E-state index in [1.165, 1.54) is 27.8 Å².